The number of hydrazone groups is 1. The van der Waals surface area contributed by atoms with E-state index in [-0.39, 0.29) is 12.5 Å². The van der Waals surface area contributed by atoms with Crippen molar-refractivity contribution in [3.8, 4) is 11.4 Å². The molecule has 1 saturated heterocycles. The van der Waals surface area contributed by atoms with Gasteiger partial charge in [-0.3, -0.25) is 9.59 Å². The summed E-state index contributed by atoms with van der Waals surface area (Å²) in [4.78, 5) is 26.6. The van der Waals surface area contributed by atoms with Crippen LogP contribution in [0, 0.1) is 13.8 Å². The van der Waals surface area contributed by atoms with Crippen molar-refractivity contribution in [1.82, 2.24) is 14.9 Å². The molecule has 8 nitrogen and oxygen atoms in total. The number of nitrogens with one attached hydrogen (secondary N) is 1. The lowest BCUT2D eigenvalue weighted by Crippen LogP contribution is -2.42. The molecule has 1 N–H and O–H groups in total. The predicted molar refractivity (Wildman–Crippen MR) is 135 cm³/mol. The van der Waals surface area contributed by atoms with E-state index >= 15 is 0 Å². The lowest BCUT2D eigenvalue weighted by molar-refractivity contribution is -0.137. The van der Waals surface area contributed by atoms with Crippen LogP contribution >= 0.6 is 11.6 Å². The monoisotopic (exact) mass is 494 g/mol. The summed E-state index contributed by atoms with van der Waals surface area (Å²) in [6.45, 7) is 6.27. The van der Waals surface area contributed by atoms with Gasteiger partial charge in [-0.25, -0.2) is 5.43 Å². The minimum atomic E-state index is -0.405. The summed E-state index contributed by atoms with van der Waals surface area (Å²) in [7, 11) is 0. The molecule has 9 heteroatoms. The molecule has 1 aliphatic heterocycles. The number of halogens is 1. The van der Waals surface area contributed by atoms with Crippen molar-refractivity contribution >= 4 is 29.6 Å². The smallest absolute Gasteiger partial charge is 0.272 e. The molecule has 3 aromatic rings. The number of ether oxygens (including phenoxy) is 2. The molecule has 1 aliphatic rings. The van der Waals surface area contributed by atoms with Crippen molar-refractivity contribution in [2.45, 2.75) is 13.8 Å². The van der Waals surface area contributed by atoms with Gasteiger partial charge in [-0.2, -0.15) is 5.10 Å². The SMILES string of the molecule is Cc1ccc(C)n1-c1ccc(Cl)c(C(=O)NN=Cc2ccc(OCC(=O)N3CCOCC3)cc2)c1. The Hall–Kier alpha value is -3.62. The summed E-state index contributed by atoms with van der Waals surface area (Å²) < 4.78 is 12.9. The quantitative estimate of drug-likeness (QED) is 0.400. The zero-order valence-electron chi connectivity index (χ0n) is 19.7. The number of hydrogen-bond acceptors (Lipinski definition) is 5. The van der Waals surface area contributed by atoms with Crippen LogP contribution in [0.5, 0.6) is 5.75 Å². The molecule has 0 spiro atoms. The minimum Gasteiger partial charge on any atom is -0.484 e. The van der Waals surface area contributed by atoms with Crippen LogP contribution in [0.15, 0.2) is 59.7 Å². The number of aromatic nitrogens is 1. The Balaban J connectivity index is 1.33. The molecule has 35 heavy (non-hydrogen) atoms. The molecule has 2 aromatic carbocycles. The van der Waals surface area contributed by atoms with Gasteiger partial charge in [0, 0.05) is 30.2 Å². The van der Waals surface area contributed by atoms with Crippen LogP contribution < -0.4 is 10.2 Å². The van der Waals surface area contributed by atoms with Gasteiger partial charge < -0.3 is 18.9 Å². The zero-order chi connectivity index (χ0) is 24.8. The average Bonchev–Trinajstić information content (AvgIpc) is 3.21. The Kier molecular flexibility index (Phi) is 7.84. The molecule has 182 valence electrons. The van der Waals surface area contributed by atoms with E-state index in [2.05, 4.69) is 15.1 Å². The second-order valence-corrected chi connectivity index (χ2v) is 8.57. The van der Waals surface area contributed by atoms with Crippen molar-refractivity contribution < 1.29 is 19.1 Å². The maximum Gasteiger partial charge on any atom is 0.272 e. The molecule has 1 fully saturated rings. The summed E-state index contributed by atoms with van der Waals surface area (Å²) in [5.74, 6) is 0.107. The van der Waals surface area contributed by atoms with Crippen molar-refractivity contribution in [1.29, 1.82) is 0 Å². The predicted octanol–water partition coefficient (Wildman–Crippen LogP) is 3.75. The molecular weight excluding hydrogens is 468 g/mol. The highest BCUT2D eigenvalue weighted by Gasteiger charge is 2.17. The number of nitrogens with zero attached hydrogens (tertiary/aromatic N) is 3. The molecule has 0 unspecified atom stereocenters. The third-order valence-corrected chi connectivity index (χ3v) is 6.04. The van der Waals surface area contributed by atoms with E-state index in [1.807, 2.05) is 32.0 Å². The molecule has 2 heterocycles. The van der Waals surface area contributed by atoms with Gasteiger partial charge in [-0.05, 0) is 74.0 Å². The van der Waals surface area contributed by atoms with Crippen LogP contribution in [0.4, 0.5) is 0 Å². The Labute approximate surface area is 209 Å². The standard InChI is InChI=1S/C26H27ClN4O4/c1-18-3-4-19(2)31(18)21-7-10-24(27)23(15-21)26(33)29-28-16-20-5-8-22(9-6-20)35-17-25(32)30-11-13-34-14-12-30/h3-10,15-16H,11-14,17H2,1-2H3,(H,29,33). The van der Waals surface area contributed by atoms with Crippen molar-refractivity contribution in [3.05, 3.63) is 82.1 Å². The largest absolute Gasteiger partial charge is 0.484 e. The van der Waals surface area contributed by atoms with Gasteiger partial charge in [-0.1, -0.05) is 11.6 Å². The number of rotatable bonds is 7. The molecule has 0 bridgehead atoms. The Bertz CT molecular complexity index is 1210. The van der Waals surface area contributed by atoms with E-state index < -0.39 is 5.91 Å². The number of morpholine rings is 1. The van der Waals surface area contributed by atoms with Gasteiger partial charge in [0.2, 0.25) is 0 Å². The Morgan fingerprint density at radius 1 is 1.06 bits per heavy atom. The van der Waals surface area contributed by atoms with Gasteiger partial charge in [-0.15, -0.1) is 0 Å². The lowest BCUT2D eigenvalue weighted by atomic mass is 10.2. The Morgan fingerprint density at radius 2 is 1.74 bits per heavy atom. The average molecular weight is 495 g/mol. The van der Waals surface area contributed by atoms with Crippen LogP contribution in [0.3, 0.4) is 0 Å². The molecular formula is C26H27ClN4O4. The van der Waals surface area contributed by atoms with Gasteiger partial charge >= 0.3 is 0 Å². The molecule has 0 aliphatic carbocycles. The van der Waals surface area contributed by atoms with Gasteiger partial charge in [0.1, 0.15) is 5.75 Å². The fourth-order valence-electron chi connectivity index (χ4n) is 3.83. The minimum absolute atomic E-state index is 0.0224. The molecule has 2 amide bonds. The molecule has 0 saturated carbocycles. The highest BCUT2D eigenvalue weighted by atomic mass is 35.5. The third kappa shape index (κ3) is 6.09. The summed E-state index contributed by atoms with van der Waals surface area (Å²) in [6.07, 6.45) is 1.53. The van der Waals surface area contributed by atoms with Crippen LogP contribution in [-0.4, -0.2) is 60.4 Å². The number of aryl methyl sites for hydroxylation is 2. The Morgan fingerprint density at radius 3 is 2.43 bits per heavy atom. The maximum atomic E-state index is 12.7. The first kappa shape index (κ1) is 24.5. The topological polar surface area (TPSA) is 85.2 Å². The zero-order valence-corrected chi connectivity index (χ0v) is 20.4. The van der Waals surface area contributed by atoms with E-state index in [0.717, 1.165) is 22.6 Å². The second-order valence-electron chi connectivity index (χ2n) is 8.17. The summed E-state index contributed by atoms with van der Waals surface area (Å²) >= 11 is 6.28. The van der Waals surface area contributed by atoms with E-state index in [0.29, 0.717) is 42.6 Å². The van der Waals surface area contributed by atoms with E-state index in [9.17, 15) is 9.59 Å². The fraction of sp³-hybridized carbons (Fsp3) is 0.269. The van der Waals surface area contributed by atoms with Gasteiger partial charge in [0.15, 0.2) is 6.61 Å². The number of carbonyl (C=O) groups excluding carboxylic acids is 2. The van der Waals surface area contributed by atoms with Crippen LogP contribution in [0.25, 0.3) is 5.69 Å². The second kappa shape index (κ2) is 11.2. The van der Waals surface area contributed by atoms with E-state index in [4.69, 9.17) is 21.1 Å². The van der Waals surface area contributed by atoms with Gasteiger partial charge in [0.05, 0.1) is 30.0 Å². The number of amides is 2. The molecule has 4 rings (SSSR count). The highest BCUT2D eigenvalue weighted by molar-refractivity contribution is 6.33. The van der Waals surface area contributed by atoms with Crippen LogP contribution in [0.2, 0.25) is 5.02 Å². The molecule has 1 aromatic heterocycles. The normalized spacial score (nSPS) is 13.7. The summed E-state index contributed by atoms with van der Waals surface area (Å²) in [5.41, 5.74) is 6.60. The number of benzene rings is 2. The van der Waals surface area contributed by atoms with E-state index in [1.54, 1.807) is 41.3 Å². The van der Waals surface area contributed by atoms with Crippen molar-refractivity contribution in [2.75, 3.05) is 32.9 Å². The summed E-state index contributed by atoms with van der Waals surface area (Å²) in [6, 6.07) is 16.4. The van der Waals surface area contributed by atoms with Crippen LogP contribution in [-0.2, 0) is 9.53 Å². The number of carbonyl (C=O) groups is 2. The van der Waals surface area contributed by atoms with Crippen LogP contribution in [0.1, 0.15) is 27.3 Å². The summed E-state index contributed by atoms with van der Waals surface area (Å²) in [5, 5.41) is 4.39. The first-order valence-corrected chi connectivity index (χ1v) is 11.7. The highest BCUT2D eigenvalue weighted by Crippen LogP contribution is 2.23. The first-order valence-electron chi connectivity index (χ1n) is 11.3. The first-order chi connectivity index (χ1) is 16.9. The van der Waals surface area contributed by atoms with E-state index in [1.165, 1.54) is 6.21 Å². The molecule has 0 atom stereocenters. The van der Waals surface area contributed by atoms with Crippen molar-refractivity contribution in [3.63, 3.8) is 0 Å². The fourth-order valence-corrected chi connectivity index (χ4v) is 4.03. The van der Waals surface area contributed by atoms with Crippen molar-refractivity contribution in [2.24, 2.45) is 5.10 Å². The third-order valence-electron chi connectivity index (χ3n) is 5.71. The lowest BCUT2D eigenvalue weighted by Gasteiger charge is -2.26. The number of hydrogen-bond donors (Lipinski definition) is 1. The maximum absolute atomic E-state index is 12.7. The van der Waals surface area contributed by atoms with Gasteiger partial charge in [0.25, 0.3) is 11.8 Å². The molecule has 0 radical (unpaired) electrons.